The number of hydrogen-bond donors (Lipinski definition) is 2. The summed E-state index contributed by atoms with van der Waals surface area (Å²) in [6.45, 7) is 22.1. The number of hydrogen-bond acceptors (Lipinski definition) is 5. The smallest absolute Gasteiger partial charge is 0.355 e. The van der Waals surface area contributed by atoms with Crippen molar-refractivity contribution in [1.82, 2.24) is 9.97 Å². The Labute approximate surface area is 211 Å². The lowest BCUT2D eigenvalue weighted by atomic mass is 9.63. The maximum atomic E-state index is 12.5. The molecule has 0 fully saturated rings. The number of rotatable bonds is 8. The van der Waals surface area contributed by atoms with Gasteiger partial charge < -0.3 is 15.5 Å². The van der Waals surface area contributed by atoms with Crippen molar-refractivity contribution in [3.05, 3.63) is 57.1 Å². The Morgan fingerprint density at radius 2 is 1.63 bits per heavy atom. The van der Waals surface area contributed by atoms with Gasteiger partial charge in [-0.2, -0.15) is 0 Å². The Kier molecular flexibility index (Phi) is 8.96. The van der Waals surface area contributed by atoms with Crippen LogP contribution in [0.3, 0.4) is 0 Å². The zero-order chi connectivity index (χ0) is 26.7. The van der Waals surface area contributed by atoms with Gasteiger partial charge in [0.15, 0.2) is 0 Å². The molecule has 3 unspecified atom stereocenters. The molecule has 0 saturated carbocycles. The van der Waals surface area contributed by atoms with Crippen LogP contribution in [0.4, 0.5) is 5.82 Å². The van der Waals surface area contributed by atoms with E-state index in [1.807, 2.05) is 19.1 Å². The first-order chi connectivity index (χ1) is 16.0. The molecule has 0 aliphatic heterocycles. The minimum Gasteiger partial charge on any atom is -0.455 e. The highest BCUT2D eigenvalue weighted by atomic mass is 16.5. The molecule has 3 atom stereocenters. The molecule has 0 amide bonds. The second-order valence-corrected chi connectivity index (χ2v) is 12.4. The number of nitrogens with one attached hydrogen (secondary N) is 1. The summed E-state index contributed by atoms with van der Waals surface area (Å²) in [4.78, 5) is 32.1. The molecule has 0 saturated heterocycles. The fourth-order valence-corrected chi connectivity index (χ4v) is 4.41. The summed E-state index contributed by atoms with van der Waals surface area (Å²) in [6, 6.07) is 7.15. The van der Waals surface area contributed by atoms with Crippen molar-refractivity contribution >= 4 is 11.8 Å². The summed E-state index contributed by atoms with van der Waals surface area (Å²) in [5.41, 5.74) is 8.74. The Bertz CT molecular complexity index is 1070. The van der Waals surface area contributed by atoms with E-state index in [-0.39, 0.29) is 34.6 Å². The van der Waals surface area contributed by atoms with Gasteiger partial charge in [-0.05, 0) is 58.6 Å². The van der Waals surface area contributed by atoms with Crippen LogP contribution in [0, 0.1) is 28.6 Å². The van der Waals surface area contributed by atoms with Gasteiger partial charge in [-0.1, -0.05) is 81.4 Å². The number of nitrogens with zero attached hydrogens (tertiary/aromatic N) is 1. The molecule has 194 valence electrons. The maximum absolute atomic E-state index is 12.5. The number of nitrogens with two attached hydrogens (primary N) is 1. The molecule has 2 aromatic heterocycles. The van der Waals surface area contributed by atoms with Gasteiger partial charge in [0.25, 0.3) is 5.56 Å². The standard InChI is InChI=1S/C29H45N3O3/c1-17(2)18(3)22-13-14-24(32-26(22)33)27(34)35-16-21-12-11-20(25(30)31-21)15-23(29(8,9)10)19(4)28(5,6)7/h11-14,17-19,23H,15-16H2,1-10H3,(H2,30,31)(H,32,33). The van der Waals surface area contributed by atoms with Gasteiger partial charge in [-0.3, -0.25) is 4.79 Å². The van der Waals surface area contributed by atoms with Crippen molar-refractivity contribution in [1.29, 1.82) is 0 Å². The van der Waals surface area contributed by atoms with Crippen LogP contribution in [0.25, 0.3) is 0 Å². The van der Waals surface area contributed by atoms with Gasteiger partial charge in [-0.15, -0.1) is 0 Å². The van der Waals surface area contributed by atoms with Crippen molar-refractivity contribution in [2.75, 3.05) is 5.73 Å². The first kappa shape index (κ1) is 28.6. The lowest BCUT2D eigenvalue weighted by Crippen LogP contribution is -2.35. The molecule has 0 spiro atoms. The molecular formula is C29H45N3O3. The van der Waals surface area contributed by atoms with E-state index in [0.29, 0.717) is 34.8 Å². The first-order valence-corrected chi connectivity index (χ1v) is 12.7. The number of aromatic amines is 1. The van der Waals surface area contributed by atoms with Crippen LogP contribution in [0.15, 0.2) is 29.1 Å². The highest BCUT2D eigenvalue weighted by molar-refractivity contribution is 5.87. The summed E-state index contributed by atoms with van der Waals surface area (Å²) in [7, 11) is 0. The highest BCUT2D eigenvalue weighted by Crippen LogP contribution is 2.43. The number of nitrogen functional groups attached to an aromatic ring is 1. The number of anilines is 1. The lowest BCUT2D eigenvalue weighted by Gasteiger charge is -2.42. The van der Waals surface area contributed by atoms with Gasteiger partial charge in [-0.25, -0.2) is 9.78 Å². The van der Waals surface area contributed by atoms with E-state index in [4.69, 9.17) is 10.5 Å². The first-order valence-electron chi connectivity index (χ1n) is 12.7. The molecule has 0 aliphatic rings. The minimum atomic E-state index is -0.595. The van der Waals surface area contributed by atoms with Crippen LogP contribution < -0.4 is 11.3 Å². The number of ether oxygens (including phenoxy) is 1. The van der Waals surface area contributed by atoms with Crippen LogP contribution in [0.1, 0.15) is 102 Å². The second-order valence-electron chi connectivity index (χ2n) is 12.4. The Balaban J connectivity index is 2.11. The molecule has 0 radical (unpaired) electrons. The highest BCUT2D eigenvalue weighted by Gasteiger charge is 2.36. The van der Waals surface area contributed by atoms with Gasteiger partial charge in [0.1, 0.15) is 18.1 Å². The molecule has 3 N–H and O–H groups in total. The van der Waals surface area contributed by atoms with Crippen molar-refractivity contribution in [3.63, 3.8) is 0 Å². The van der Waals surface area contributed by atoms with Crippen molar-refractivity contribution in [2.45, 2.75) is 88.2 Å². The zero-order valence-electron chi connectivity index (χ0n) is 23.3. The lowest BCUT2D eigenvalue weighted by molar-refractivity contribution is 0.0460. The van der Waals surface area contributed by atoms with Crippen molar-refractivity contribution in [3.8, 4) is 0 Å². The third kappa shape index (κ3) is 7.42. The summed E-state index contributed by atoms with van der Waals surface area (Å²) < 4.78 is 5.40. The molecule has 2 rings (SSSR count). The van der Waals surface area contributed by atoms with E-state index in [2.05, 4.69) is 72.3 Å². The third-order valence-electron chi connectivity index (χ3n) is 7.59. The molecule has 2 aromatic rings. The number of esters is 1. The fourth-order valence-electron chi connectivity index (χ4n) is 4.41. The average molecular weight is 484 g/mol. The minimum absolute atomic E-state index is 0.0173. The van der Waals surface area contributed by atoms with E-state index in [0.717, 1.165) is 12.0 Å². The van der Waals surface area contributed by atoms with Gasteiger partial charge >= 0.3 is 5.97 Å². The molecule has 6 nitrogen and oxygen atoms in total. The summed E-state index contributed by atoms with van der Waals surface area (Å²) in [5, 5.41) is 0. The second kappa shape index (κ2) is 11.0. The molecule has 35 heavy (non-hydrogen) atoms. The van der Waals surface area contributed by atoms with Crippen LogP contribution in [-0.2, 0) is 17.8 Å². The molecule has 2 heterocycles. The number of pyridine rings is 2. The molecular weight excluding hydrogens is 438 g/mol. The average Bonchev–Trinajstić information content (AvgIpc) is 2.74. The zero-order valence-corrected chi connectivity index (χ0v) is 23.3. The largest absolute Gasteiger partial charge is 0.455 e. The normalized spacial score (nSPS) is 15.1. The monoisotopic (exact) mass is 483 g/mol. The van der Waals surface area contributed by atoms with Crippen molar-refractivity contribution < 1.29 is 9.53 Å². The summed E-state index contributed by atoms with van der Waals surface area (Å²) in [5.74, 6) is 1.20. The van der Waals surface area contributed by atoms with Gasteiger partial charge in [0.2, 0.25) is 0 Å². The van der Waals surface area contributed by atoms with E-state index < -0.39 is 5.97 Å². The molecule has 0 aliphatic carbocycles. The number of carbonyl (C=O) groups excluding carboxylic acids is 1. The van der Waals surface area contributed by atoms with E-state index in [9.17, 15) is 9.59 Å². The van der Waals surface area contributed by atoms with Crippen LogP contribution in [0.5, 0.6) is 0 Å². The number of aromatic nitrogens is 2. The topological polar surface area (TPSA) is 98.1 Å². The quantitative estimate of drug-likeness (QED) is 0.426. The third-order valence-corrected chi connectivity index (χ3v) is 7.59. The fraction of sp³-hybridized carbons (Fsp3) is 0.621. The molecule has 6 heteroatoms. The van der Waals surface area contributed by atoms with Crippen LogP contribution in [0.2, 0.25) is 0 Å². The van der Waals surface area contributed by atoms with Gasteiger partial charge in [0.05, 0.1) is 5.69 Å². The van der Waals surface area contributed by atoms with E-state index in [1.54, 1.807) is 12.1 Å². The predicted molar refractivity (Wildman–Crippen MR) is 143 cm³/mol. The maximum Gasteiger partial charge on any atom is 0.355 e. The SMILES string of the molecule is CC(C)C(C)c1ccc(C(=O)OCc2ccc(CC(C(C)C(C)(C)C)C(C)(C)C)c(N)n2)[nH]c1=O. The van der Waals surface area contributed by atoms with Gasteiger partial charge in [0, 0.05) is 5.56 Å². The number of H-pyrrole nitrogens is 1. The Morgan fingerprint density at radius 3 is 2.11 bits per heavy atom. The van der Waals surface area contributed by atoms with Crippen LogP contribution >= 0.6 is 0 Å². The Morgan fingerprint density at radius 1 is 1.00 bits per heavy atom. The van der Waals surface area contributed by atoms with E-state index >= 15 is 0 Å². The van der Waals surface area contributed by atoms with Crippen LogP contribution in [-0.4, -0.2) is 15.9 Å². The van der Waals surface area contributed by atoms with Crippen molar-refractivity contribution in [2.24, 2.45) is 28.6 Å². The molecule has 0 aromatic carbocycles. The summed E-state index contributed by atoms with van der Waals surface area (Å²) in [6.07, 6.45) is 0.837. The number of carbonyl (C=O) groups is 1. The summed E-state index contributed by atoms with van der Waals surface area (Å²) >= 11 is 0. The molecule has 0 bridgehead atoms. The predicted octanol–water partition coefficient (Wildman–Crippen LogP) is 6.36. The Hall–Kier alpha value is -2.63. The van der Waals surface area contributed by atoms with E-state index in [1.165, 1.54) is 0 Å².